The van der Waals surface area contributed by atoms with Crippen molar-refractivity contribution in [2.24, 2.45) is 0 Å². The second-order valence-electron chi connectivity index (χ2n) is 5.36. The van der Waals surface area contributed by atoms with Crippen LogP contribution in [0.25, 0.3) is 5.69 Å². The van der Waals surface area contributed by atoms with Gasteiger partial charge in [0, 0.05) is 23.8 Å². The first kappa shape index (κ1) is 13.4. The molecule has 3 heteroatoms. The molecule has 0 fully saturated rings. The van der Waals surface area contributed by atoms with Gasteiger partial charge >= 0.3 is 0 Å². The molecule has 3 nitrogen and oxygen atoms in total. The van der Waals surface area contributed by atoms with Crippen molar-refractivity contribution in [1.29, 1.82) is 0 Å². The van der Waals surface area contributed by atoms with Crippen LogP contribution in [0.2, 0.25) is 0 Å². The molecule has 0 atom stereocenters. The van der Waals surface area contributed by atoms with E-state index in [9.17, 15) is 0 Å². The molecular formula is C18H19N3. The highest BCUT2D eigenvalue weighted by Crippen LogP contribution is 2.21. The lowest BCUT2D eigenvalue weighted by Gasteiger charge is -2.11. The van der Waals surface area contributed by atoms with E-state index in [2.05, 4.69) is 53.0 Å². The molecule has 0 amide bonds. The van der Waals surface area contributed by atoms with Crippen molar-refractivity contribution in [1.82, 2.24) is 9.55 Å². The fraction of sp³-hybridized carbons (Fsp3) is 0.167. The van der Waals surface area contributed by atoms with Gasteiger partial charge < -0.3 is 5.32 Å². The summed E-state index contributed by atoms with van der Waals surface area (Å²) in [5, 5.41) is 3.34. The quantitative estimate of drug-likeness (QED) is 0.746. The highest BCUT2D eigenvalue weighted by molar-refractivity contribution is 5.55. The Morgan fingerprint density at radius 3 is 2.33 bits per heavy atom. The van der Waals surface area contributed by atoms with Crippen molar-refractivity contribution in [3.05, 3.63) is 72.6 Å². The van der Waals surface area contributed by atoms with Gasteiger partial charge in [0.2, 0.25) is 5.95 Å². The second-order valence-corrected chi connectivity index (χ2v) is 5.36. The van der Waals surface area contributed by atoms with Crippen LogP contribution in [0.15, 0.2) is 67.0 Å². The molecular weight excluding hydrogens is 258 g/mol. The third kappa shape index (κ3) is 2.97. The monoisotopic (exact) mass is 277 g/mol. The Bertz CT molecular complexity index is 697. The largest absolute Gasteiger partial charge is 0.325 e. The lowest BCUT2D eigenvalue weighted by Crippen LogP contribution is -2.01. The molecule has 21 heavy (non-hydrogen) atoms. The summed E-state index contributed by atoms with van der Waals surface area (Å²) < 4.78 is 2.05. The Kier molecular flexibility index (Phi) is 3.73. The minimum atomic E-state index is 0.545. The number of imidazole rings is 1. The average molecular weight is 277 g/mol. The molecule has 1 heterocycles. The van der Waals surface area contributed by atoms with E-state index in [0.29, 0.717) is 5.92 Å². The van der Waals surface area contributed by atoms with Crippen LogP contribution in [-0.4, -0.2) is 9.55 Å². The summed E-state index contributed by atoms with van der Waals surface area (Å²) in [4.78, 5) is 4.40. The van der Waals surface area contributed by atoms with E-state index in [0.717, 1.165) is 17.3 Å². The zero-order valence-electron chi connectivity index (χ0n) is 12.3. The van der Waals surface area contributed by atoms with Crippen molar-refractivity contribution >= 4 is 11.6 Å². The maximum atomic E-state index is 4.40. The molecule has 3 aromatic rings. The molecule has 0 aliphatic carbocycles. The third-order valence-corrected chi connectivity index (χ3v) is 3.51. The number of aromatic nitrogens is 2. The molecule has 1 aromatic heterocycles. The van der Waals surface area contributed by atoms with Gasteiger partial charge in [-0.3, -0.25) is 4.57 Å². The molecule has 3 rings (SSSR count). The van der Waals surface area contributed by atoms with Gasteiger partial charge in [-0.1, -0.05) is 44.2 Å². The Morgan fingerprint density at radius 2 is 1.67 bits per heavy atom. The Balaban J connectivity index is 1.88. The van der Waals surface area contributed by atoms with Crippen LogP contribution in [0.4, 0.5) is 11.6 Å². The maximum Gasteiger partial charge on any atom is 0.211 e. The minimum absolute atomic E-state index is 0.545. The van der Waals surface area contributed by atoms with E-state index in [1.807, 2.05) is 42.7 Å². The van der Waals surface area contributed by atoms with Gasteiger partial charge in [-0.2, -0.15) is 0 Å². The molecule has 0 bridgehead atoms. The number of nitrogens with zero attached hydrogens (tertiary/aromatic N) is 2. The number of benzene rings is 2. The van der Waals surface area contributed by atoms with Gasteiger partial charge in [-0.15, -0.1) is 0 Å². The lowest BCUT2D eigenvalue weighted by atomic mass is 10.0. The molecule has 1 N–H and O–H groups in total. The van der Waals surface area contributed by atoms with Crippen LogP contribution in [0.3, 0.4) is 0 Å². The van der Waals surface area contributed by atoms with Crippen molar-refractivity contribution in [3.63, 3.8) is 0 Å². The second kappa shape index (κ2) is 5.83. The number of nitrogens with one attached hydrogen (secondary N) is 1. The minimum Gasteiger partial charge on any atom is -0.325 e. The van der Waals surface area contributed by atoms with Crippen LogP contribution in [0.1, 0.15) is 25.3 Å². The van der Waals surface area contributed by atoms with Gasteiger partial charge in [-0.25, -0.2) is 4.98 Å². The van der Waals surface area contributed by atoms with Crippen molar-refractivity contribution in [2.75, 3.05) is 5.32 Å². The van der Waals surface area contributed by atoms with E-state index >= 15 is 0 Å². The predicted octanol–water partition coefficient (Wildman–Crippen LogP) is 4.74. The molecule has 106 valence electrons. The summed E-state index contributed by atoms with van der Waals surface area (Å²) in [5.41, 5.74) is 3.48. The van der Waals surface area contributed by atoms with Crippen molar-refractivity contribution < 1.29 is 0 Å². The summed E-state index contributed by atoms with van der Waals surface area (Å²) in [6.45, 7) is 4.41. The van der Waals surface area contributed by atoms with E-state index in [1.165, 1.54) is 5.56 Å². The van der Waals surface area contributed by atoms with Crippen LogP contribution in [-0.2, 0) is 0 Å². The van der Waals surface area contributed by atoms with Crippen LogP contribution in [0, 0.1) is 0 Å². The molecule has 0 aliphatic heterocycles. The lowest BCUT2D eigenvalue weighted by molar-refractivity contribution is 0.865. The van der Waals surface area contributed by atoms with Gasteiger partial charge in [0.25, 0.3) is 0 Å². The molecule has 0 saturated carbocycles. The molecule has 0 spiro atoms. The molecule has 0 aliphatic rings. The summed E-state index contributed by atoms with van der Waals surface area (Å²) >= 11 is 0. The first-order chi connectivity index (χ1) is 10.2. The van der Waals surface area contributed by atoms with E-state index in [4.69, 9.17) is 0 Å². The number of hydrogen-bond acceptors (Lipinski definition) is 2. The number of para-hydroxylation sites is 1. The topological polar surface area (TPSA) is 29.9 Å². The fourth-order valence-corrected chi connectivity index (χ4v) is 2.27. The zero-order valence-corrected chi connectivity index (χ0v) is 12.3. The Labute approximate surface area is 125 Å². The predicted molar refractivity (Wildman–Crippen MR) is 87.4 cm³/mol. The molecule has 0 saturated heterocycles. The summed E-state index contributed by atoms with van der Waals surface area (Å²) in [7, 11) is 0. The summed E-state index contributed by atoms with van der Waals surface area (Å²) in [6.07, 6.45) is 3.78. The van der Waals surface area contributed by atoms with Crippen LogP contribution < -0.4 is 5.32 Å². The number of rotatable bonds is 4. The number of hydrogen-bond donors (Lipinski definition) is 1. The molecule has 0 unspecified atom stereocenters. The Morgan fingerprint density at radius 1 is 0.952 bits per heavy atom. The van der Waals surface area contributed by atoms with Gasteiger partial charge in [-0.05, 0) is 35.7 Å². The standard InChI is InChI=1S/C18H19N3/c1-14(2)15-8-10-17(11-9-15)21-13-12-19-18(21)20-16-6-4-3-5-7-16/h3-14H,1-2H3,(H,19,20). The van der Waals surface area contributed by atoms with Crippen molar-refractivity contribution in [3.8, 4) is 5.69 Å². The third-order valence-electron chi connectivity index (χ3n) is 3.51. The van der Waals surface area contributed by atoms with Gasteiger partial charge in [0.1, 0.15) is 0 Å². The van der Waals surface area contributed by atoms with E-state index in [1.54, 1.807) is 0 Å². The Hall–Kier alpha value is -2.55. The van der Waals surface area contributed by atoms with Crippen molar-refractivity contribution in [2.45, 2.75) is 19.8 Å². The maximum absolute atomic E-state index is 4.40. The van der Waals surface area contributed by atoms with Gasteiger partial charge in [0.05, 0.1) is 0 Å². The first-order valence-electron chi connectivity index (χ1n) is 7.20. The van der Waals surface area contributed by atoms with E-state index < -0.39 is 0 Å². The fourth-order valence-electron chi connectivity index (χ4n) is 2.27. The van der Waals surface area contributed by atoms with Crippen LogP contribution >= 0.6 is 0 Å². The first-order valence-corrected chi connectivity index (χ1v) is 7.20. The summed E-state index contributed by atoms with van der Waals surface area (Å²) in [5.74, 6) is 1.36. The number of anilines is 2. The normalized spacial score (nSPS) is 10.8. The smallest absolute Gasteiger partial charge is 0.211 e. The molecule has 2 aromatic carbocycles. The van der Waals surface area contributed by atoms with Gasteiger partial charge in [0.15, 0.2) is 0 Å². The van der Waals surface area contributed by atoms with E-state index in [-0.39, 0.29) is 0 Å². The summed E-state index contributed by atoms with van der Waals surface area (Å²) in [6, 6.07) is 18.7. The highest BCUT2D eigenvalue weighted by Gasteiger charge is 2.06. The average Bonchev–Trinajstić information content (AvgIpc) is 2.96. The molecule has 0 radical (unpaired) electrons. The van der Waals surface area contributed by atoms with Crippen LogP contribution in [0.5, 0.6) is 0 Å². The SMILES string of the molecule is CC(C)c1ccc(-n2ccnc2Nc2ccccc2)cc1. The highest BCUT2D eigenvalue weighted by atomic mass is 15.2. The zero-order chi connectivity index (χ0) is 14.7.